The summed E-state index contributed by atoms with van der Waals surface area (Å²) >= 11 is 0. The molecule has 0 aliphatic rings. The first-order valence-corrected chi connectivity index (χ1v) is 8.51. The van der Waals surface area contributed by atoms with E-state index in [1.807, 2.05) is 30.3 Å². The Kier molecular flexibility index (Phi) is 5.16. The third kappa shape index (κ3) is 3.51. The molecule has 2 aromatic carbocycles. The lowest BCUT2D eigenvalue weighted by molar-refractivity contribution is -0.140. The second kappa shape index (κ2) is 7.53. The monoisotopic (exact) mass is 367 g/mol. The molecule has 0 aliphatic heterocycles. The van der Waals surface area contributed by atoms with Gasteiger partial charge < -0.3 is 19.6 Å². The van der Waals surface area contributed by atoms with Crippen LogP contribution in [0.5, 0.6) is 11.5 Å². The van der Waals surface area contributed by atoms with Crippen molar-refractivity contribution in [3.8, 4) is 11.5 Å². The molecular formula is C21H21NO5. The number of benzene rings is 2. The lowest BCUT2D eigenvalue weighted by Crippen LogP contribution is -2.21. The predicted molar refractivity (Wildman–Crippen MR) is 102 cm³/mol. The number of H-pyrrole nitrogens is 1. The summed E-state index contributed by atoms with van der Waals surface area (Å²) < 4.78 is 10.3. The first-order chi connectivity index (χ1) is 13.0. The van der Waals surface area contributed by atoms with Gasteiger partial charge in [-0.1, -0.05) is 30.3 Å². The number of hydrogen-bond acceptors (Lipinski definition) is 5. The molecule has 1 atom stereocenters. The third-order valence-corrected chi connectivity index (χ3v) is 4.64. The minimum absolute atomic E-state index is 0.0769. The molecule has 0 amide bonds. The maximum atomic E-state index is 12.6. The van der Waals surface area contributed by atoms with Crippen molar-refractivity contribution in [3.63, 3.8) is 0 Å². The van der Waals surface area contributed by atoms with Gasteiger partial charge in [-0.3, -0.25) is 9.59 Å². The molecule has 140 valence electrons. The fourth-order valence-corrected chi connectivity index (χ4v) is 3.41. The maximum Gasteiger partial charge on any atom is 0.306 e. The molecule has 0 aliphatic carbocycles. The lowest BCUT2D eigenvalue weighted by atomic mass is 9.85. The van der Waals surface area contributed by atoms with Crippen LogP contribution in [0.4, 0.5) is 0 Å². The van der Waals surface area contributed by atoms with Gasteiger partial charge in [0.05, 0.1) is 26.2 Å². The van der Waals surface area contributed by atoms with E-state index in [4.69, 9.17) is 9.47 Å². The van der Waals surface area contributed by atoms with Crippen LogP contribution in [0, 0.1) is 6.92 Å². The summed E-state index contributed by atoms with van der Waals surface area (Å²) in [4.78, 5) is 27.4. The number of rotatable bonds is 5. The zero-order valence-electron chi connectivity index (χ0n) is 15.4. The molecule has 0 saturated carbocycles. The van der Waals surface area contributed by atoms with Crippen LogP contribution in [0.25, 0.3) is 10.8 Å². The number of esters is 1. The van der Waals surface area contributed by atoms with Gasteiger partial charge in [0.2, 0.25) is 0 Å². The van der Waals surface area contributed by atoms with Crippen LogP contribution >= 0.6 is 0 Å². The van der Waals surface area contributed by atoms with E-state index >= 15 is 0 Å². The maximum absolute atomic E-state index is 12.6. The van der Waals surface area contributed by atoms with Gasteiger partial charge >= 0.3 is 5.97 Å². The van der Waals surface area contributed by atoms with Gasteiger partial charge in [0.15, 0.2) is 0 Å². The Morgan fingerprint density at radius 1 is 1.15 bits per heavy atom. The minimum atomic E-state index is -0.669. The summed E-state index contributed by atoms with van der Waals surface area (Å²) in [5.41, 5.74) is 0.988. The molecule has 3 rings (SSSR count). The molecule has 0 fully saturated rings. The van der Waals surface area contributed by atoms with Crippen molar-refractivity contribution in [1.82, 2.24) is 4.98 Å². The Labute approximate surface area is 156 Å². The highest BCUT2D eigenvalue weighted by molar-refractivity contribution is 5.92. The van der Waals surface area contributed by atoms with Crippen molar-refractivity contribution in [2.24, 2.45) is 0 Å². The van der Waals surface area contributed by atoms with Crippen LogP contribution in [-0.4, -0.2) is 30.3 Å². The molecular weight excluding hydrogens is 346 g/mol. The Hall–Kier alpha value is -3.28. The molecule has 0 spiro atoms. The van der Waals surface area contributed by atoms with E-state index in [0.29, 0.717) is 11.4 Å². The quantitative estimate of drug-likeness (QED) is 0.676. The van der Waals surface area contributed by atoms with Crippen molar-refractivity contribution >= 4 is 16.7 Å². The molecule has 27 heavy (non-hydrogen) atoms. The Balaban J connectivity index is 2.29. The van der Waals surface area contributed by atoms with E-state index in [9.17, 15) is 14.7 Å². The highest BCUT2D eigenvalue weighted by atomic mass is 16.5. The minimum Gasteiger partial charge on any atom is -0.507 e. The summed E-state index contributed by atoms with van der Waals surface area (Å²) in [6.45, 7) is 1.68. The summed E-state index contributed by atoms with van der Waals surface area (Å²) in [6, 6.07) is 12.7. The summed E-state index contributed by atoms with van der Waals surface area (Å²) in [5, 5.41) is 12.2. The number of aryl methyl sites for hydroxylation is 1. The number of aromatic nitrogens is 1. The highest BCUT2D eigenvalue weighted by Gasteiger charge is 2.27. The predicted octanol–water partition coefficient (Wildman–Crippen LogP) is 3.25. The van der Waals surface area contributed by atoms with E-state index < -0.39 is 17.4 Å². The van der Waals surface area contributed by atoms with Crippen LogP contribution in [0.3, 0.4) is 0 Å². The van der Waals surface area contributed by atoms with E-state index in [0.717, 1.165) is 16.3 Å². The first kappa shape index (κ1) is 18.5. The zero-order chi connectivity index (χ0) is 19.6. The molecule has 1 aromatic heterocycles. The molecule has 6 nitrogen and oxygen atoms in total. The van der Waals surface area contributed by atoms with Gasteiger partial charge in [0.25, 0.3) is 5.56 Å². The van der Waals surface area contributed by atoms with Gasteiger partial charge in [-0.2, -0.15) is 0 Å². The van der Waals surface area contributed by atoms with Gasteiger partial charge in [0, 0.05) is 17.0 Å². The fraction of sp³-hybridized carbons (Fsp3) is 0.238. The van der Waals surface area contributed by atoms with Crippen LogP contribution in [0.15, 0.2) is 47.3 Å². The molecule has 0 bridgehead atoms. The number of nitrogens with one attached hydrogen (secondary N) is 1. The van der Waals surface area contributed by atoms with Gasteiger partial charge in [-0.05, 0) is 30.0 Å². The number of fused-ring (bicyclic) bond motifs is 1. The molecule has 3 aromatic rings. The lowest BCUT2D eigenvalue weighted by Gasteiger charge is -2.20. The highest BCUT2D eigenvalue weighted by Crippen LogP contribution is 2.38. The number of ether oxygens (including phenoxy) is 2. The summed E-state index contributed by atoms with van der Waals surface area (Å²) in [5.74, 6) is -0.602. The van der Waals surface area contributed by atoms with Crippen molar-refractivity contribution in [1.29, 1.82) is 0 Å². The number of aromatic hydroxyl groups is 1. The third-order valence-electron chi connectivity index (χ3n) is 4.64. The summed E-state index contributed by atoms with van der Waals surface area (Å²) in [6.07, 6.45) is -0.0769. The SMILES string of the molecule is COC(=O)CC(c1c(O)cc(C)[nH]c1=O)c1ccc(OC)c2ccccc12. The number of hydrogen-bond donors (Lipinski definition) is 2. The smallest absolute Gasteiger partial charge is 0.306 e. The van der Waals surface area contributed by atoms with E-state index in [-0.39, 0.29) is 17.7 Å². The zero-order valence-corrected chi connectivity index (χ0v) is 15.4. The average molecular weight is 367 g/mol. The largest absolute Gasteiger partial charge is 0.507 e. The Morgan fingerprint density at radius 2 is 1.85 bits per heavy atom. The normalized spacial score (nSPS) is 12.0. The topological polar surface area (TPSA) is 88.6 Å². The molecule has 0 saturated heterocycles. The number of carbonyl (C=O) groups is 1. The number of pyridine rings is 1. The number of methoxy groups -OCH3 is 2. The van der Waals surface area contributed by atoms with E-state index in [1.165, 1.54) is 13.2 Å². The first-order valence-electron chi connectivity index (χ1n) is 8.51. The molecule has 6 heteroatoms. The van der Waals surface area contributed by atoms with Crippen molar-refractivity contribution in [2.45, 2.75) is 19.3 Å². The Bertz CT molecular complexity index is 1050. The number of carbonyl (C=O) groups excluding carboxylic acids is 1. The van der Waals surface area contributed by atoms with Crippen LogP contribution in [0.2, 0.25) is 0 Å². The second-order valence-electron chi connectivity index (χ2n) is 6.32. The fourth-order valence-electron chi connectivity index (χ4n) is 3.41. The summed E-state index contributed by atoms with van der Waals surface area (Å²) in [7, 11) is 2.88. The molecule has 2 N–H and O–H groups in total. The molecule has 1 unspecified atom stereocenters. The van der Waals surface area contributed by atoms with Gasteiger partial charge in [0.1, 0.15) is 11.5 Å². The molecule has 0 radical (unpaired) electrons. The average Bonchev–Trinajstić information content (AvgIpc) is 2.65. The Morgan fingerprint density at radius 3 is 2.48 bits per heavy atom. The van der Waals surface area contributed by atoms with E-state index in [1.54, 1.807) is 20.1 Å². The molecule has 1 heterocycles. The second-order valence-corrected chi connectivity index (χ2v) is 6.32. The van der Waals surface area contributed by atoms with Gasteiger partial charge in [-0.15, -0.1) is 0 Å². The number of aromatic amines is 1. The van der Waals surface area contributed by atoms with Gasteiger partial charge in [-0.25, -0.2) is 0 Å². The van der Waals surface area contributed by atoms with Crippen molar-refractivity contribution < 1.29 is 19.4 Å². The van der Waals surface area contributed by atoms with Crippen LogP contribution in [0.1, 0.15) is 29.2 Å². The standard InChI is InChI=1S/C21H21NO5/c1-12-10-17(23)20(21(25)22-12)16(11-19(24)27-3)14-8-9-18(26-2)15-7-5-4-6-13(14)15/h4-10,16H,11H2,1-3H3,(H2,22,23,25). The van der Waals surface area contributed by atoms with Crippen molar-refractivity contribution in [3.05, 3.63) is 69.6 Å². The van der Waals surface area contributed by atoms with Crippen molar-refractivity contribution in [2.75, 3.05) is 14.2 Å². The van der Waals surface area contributed by atoms with Crippen LogP contribution in [-0.2, 0) is 9.53 Å². The van der Waals surface area contributed by atoms with E-state index in [2.05, 4.69) is 4.98 Å². The van der Waals surface area contributed by atoms with Crippen LogP contribution < -0.4 is 10.3 Å².